The number of methoxy groups -OCH3 is 2. The van der Waals surface area contributed by atoms with Gasteiger partial charge in [0.25, 0.3) is 0 Å². The highest BCUT2D eigenvalue weighted by Gasteiger charge is 2.15. The van der Waals surface area contributed by atoms with Crippen molar-refractivity contribution < 1.29 is 9.47 Å². The fourth-order valence-corrected chi connectivity index (χ4v) is 2.47. The Morgan fingerprint density at radius 3 is 2.47 bits per heavy atom. The highest BCUT2D eigenvalue weighted by atomic mass is 16.5. The van der Waals surface area contributed by atoms with Crippen LogP contribution in [0.3, 0.4) is 0 Å². The van der Waals surface area contributed by atoms with Crippen LogP contribution in [0.15, 0.2) is 18.2 Å². The van der Waals surface area contributed by atoms with Gasteiger partial charge in [0, 0.05) is 12.6 Å². The number of benzene rings is 1. The van der Waals surface area contributed by atoms with E-state index in [1.807, 2.05) is 12.1 Å². The first-order valence-electron chi connectivity index (χ1n) is 6.85. The Bertz CT molecular complexity index is 401. The molecule has 4 heteroatoms. The molecular weight excluding hydrogens is 240 g/mol. The zero-order valence-electron chi connectivity index (χ0n) is 12.1. The summed E-state index contributed by atoms with van der Waals surface area (Å²) in [6.07, 6.45) is 2.45. The van der Waals surface area contributed by atoms with Gasteiger partial charge in [-0.05, 0) is 50.7 Å². The quantitative estimate of drug-likeness (QED) is 0.880. The molecule has 0 unspecified atom stereocenters. The Labute approximate surface area is 115 Å². The van der Waals surface area contributed by atoms with Crippen molar-refractivity contribution in [2.45, 2.75) is 25.4 Å². The zero-order chi connectivity index (χ0) is 13.7. The van der Waals surface area contributed by atoms with Gasteiger partial charge in [-0.1, -0.05) is 6.07 Å². The van der Waals surface area contributed by atoms with E-state index in [4.69, 9.17) is 9.47 Å². The molecule has 0 amide bonds. The maximum absolute atomic E-state index is 5.32. The molecule has 1 aromatic carbocycles. The second-order valence-electron chi connectivity index (χ2n) is 5.15. The lowest BCUT2D eigenvalue weighted by molar-refractivity contribution is 0.234. The fraction of sp³-hybridized carbons (Fsp3) is 0.600. The highest BCUT2D eigenvalue weighted by molar-refractivity contribution is 5.42. The summed E-state index contributed by atoms with van der Waals surface area (Å²) in [4.78, 5) is 2.38. The maximum atomic E-state index is 5.32. The molecule has 0 saturated carbocycles. The van der Waals surface area contributed by atoms with Gasteiger partial charge in [-0.15, -0.1) is 0 Å². The Morgan fingerprint density at radius 1 is 1.16 bits per heavy atom. The van der Waals surface area contributed by atoms with Crippen LogP contribution in [0.1, 0.15) is 18.4 Å². The molecule has 0 atom stereocenters. The molecule has 2 rings (SSSR count). The van der Waals surface area contributed by atoms with Crippen molar-refractivity contribution in [3.63, 3.8) is 0 Å². The molecule has 0 radical (unpaired) electrons. The number of nitrogens with zero attached hydrogens (tertiary/aromatic N) is 1. The Morgan fingerprint density at radius 2 is 1.84 bits per heavy atom. The van der Waals surface area contributed by atoms with E-state index >= 15 is 0 Å². The summed E-state index contributed by atoms with van der Waals surface area (Å²) in [5.74, 6) is 1.58. The van der Waals surface area contributed by atoms with E-state index in [0.717, 1.165) is 18.0 Å². The van der Waals surface area contributed by atoms with Crippen molar-refractivity contribution in [1.82, 2.24) is 10.2 Å². The van der Waals surface area contributed by atoms with Crippen molar-refractivity contribution in [3.05, 3.63) is 23.8 Å². The van der Waals surface area contributed by atoms with Gasteiger partial charge in [-0.2, -0.15) is 0 Å². The van der Waals surface area contributed by atoms with Crippen LogP contribution in [0.2, 0.25) is 0 Å². The number of ether oxygens (including phenoxy) is 2. The molecule has 4 nitrogen and oxygen atoms in total. The number of nitrogens with one attached hydrogen (secondary N) is 1. The molecule has 0 spiro atoms. The first kappa shape index (κ1) is 14.2. The third-order valence-corrected chi connectivity index (χ3v) is 3.76. The molecule has 1 N–H and O–H groups in total. The van der Waals surface area contributed by atoms with E-state index in [-0.39, 0.29) is 0 Å². The van der Waals surface area contributed by atoms with Crippen LogP contribution in [0, 0.1) is 0 Å². The third-order valence-electron chi connectivity index (χ3n) is 3.76. The number of hydrogen-bond donors (Lipinski definition) is 1. The minimum absolute atomic E-state index is 0.629. The van der Waals surface area contributed by atoms with Gasteiger partial charge in [0.1, 0.15) is 0 Å². The normalized spacial score (nSPS) is 17.4. The van der Waals surface area contributed by atoms with Crippen molar-refractivity contribution >= 4 is 0 Å². The molecular formula is C15H24N2O2. The summed E-state index contributed by atoms with van der Waals surface area (Å²) in [5.41, 5.74) is 1.23. The summed E-state index contributed by atoms with van der Waals surface area (Å²) in [6.45, 7) is 3.25. The van der Waals surface area contributed by atoms with Crippen molar-refractivity contribution in [1.29, 1.82) is 0 Å². The van der Waals surface area contributed by atoms with Crippen molar-refractivity contribution in [2.24, 2.45) is 0 Å². The van der Waals surface area contributed by atoms with Gasteiger partial charge in [0.15, 0.2) is 11.5 Å². The van der Waals surface area contributed by atoms with Gasteiger partial charge >= 0.3 is 0 Å². The minimum atomic E-state index is 0.629. The van der Waals surface area contributed by atoms with Gasteiger partial charge in [-0.3, -0.25) is 0 Å². The van der Waals surface area contributed by atoms with E-state index in [9.17, 15) is 0 Å². The monoisotopic (exact) mass is 264 g/mol. The maximum Gasteiger partial charge on any atom is 0.161 e. The summed E-state index contributed by atoms with van der Waals surface area (Å²) in [5, 5.41) is 3.62. The van der Waals surface area contributed by atoms with E-state index < -0.39 is 0 Å². The molecule has 1 heterocycles. The molecule has 1 saturated heterocycles. The number of likely N-dealkylation sites (tertiary alicyclic amines) is 1. The lowest BCUT2D eigenvalue weighted by atomic mass is 10.1. The molecule has 0 aromatic heterocycles. The summed E-state index contributed by atoms with van der Waals surface area (Å²) in [6, 6.07) is 6.72. The van der Waals surface area contributed by atoms with Crippen LogP contribution in [0.4, 0.5) is 0 Å². The van der Waals surface area contributed by atoms with Crippen LogP contribution in [-0.4, -0.2) is 45.3 Å². The van der Waals surface area contributed by atoms with E-state index in [1.165, 1.54) is 31.5 Å². The minimum Gasteiger partial charge on any atom is -0.493 e. The lowest BCUT2D eigenvalue weighted by Crippen LogP contribution is -2.40. The molecule has 1 aliphatic rings. The smallest absolute Gasteiger partial charge is 0.161 e. The first-order chi connectivity index (χ1) is 9.22. The summed E-state index contributed by atoms with van der Waals surface area (Å²) in [7, 11) is 5.52. The standard InChI is InChI=1S/C15H24N2O2/c1-17-8-6-13(7-9-17)16-11-12-4-5-14(18-2)15(10-12)19-3/h4-5,10,13,16H,6-9,11H2,1-3H3. The van der Waals surface area contributed by atoms with Crippen LogP contribution in [0.25, 0.3) is 0 Å². The van der Waals surface area contributed by atoms with E-state index in [2.05, 4.69) is 23.3 Å². The summed E-state index contributed by atoms with van der Waals surface area (Å²) >= 11 is 0. The average Bonchev–Trinajstić information content (AvgIpc) is 2.46. The average molecular weight is 264 g/mol. The zero-order valence-corrected chi connectivity index (χ0v) is 12.1. The molecule has 106 valence electrons. The number of piperidine rings is 1. The van der Waals surface area contributed by atoms with Crippen LogP contribution < -0.4 is 14.8 Å². The molecule has 1 aliphatic heterocycles. The van der Waals surface area contributed by atoms with E-state index in [1.54, 1.807) is 14.2 Å². The topological polar surface area (TPSA) is 33.7 Å². The van der Waals surface area contributed by atoms with Crippen molar-refractivity contribution in [2.75, 3.05) is 34.4 Å². The van der Waals surface area contributed by atoms with Gasteiger partial charge in [0.2, 0.25) is 0 Å². The second-order valence-corrected chi connectivity index (χ2v) is 5.15. The fourth-order valence-electron chi connectivity index (χ4n) is 2.47. The SMILES string of the molecule is COc1ccc(CNC2CCN(C)CC2)cc1OC. The van der Waals surface area contributed by atoms with Crippen molar-refractivity contribution in [3.8, 4) is 11.5 Å². The predicted octanol–water partition coefficient (Wildman–Crippen LogP) is 1.89. The summed E-state index contributed by atoms with van der Waals surface area (Å²) < 4.78 is 10.6. The Balaban J connectivity index is 1.89. The number of hydrogen-bond acceptors (Lipinski definition) is 4. The molecule has 0 aliphatic carbocycles. The second kappa shape index (κ2) is 6.78. The number of rotatable bonds is 5. The van der Waals surface area contributed by atoms with Crippen LogP contribution in [0.5, 0.6) is 11.5 Å². The van der Waals surface area contributed by atoms with Gasteiger partial charge in [-0.25, -0.2) is 0 Å². The third kappa shape index (κ3) is 3.85. The van der Waals surface area contributed by atoms with Gasteiger partial charge < -0.3 is 19.7 Å². The largest absolute Gasteiger partial charge is 0.493 e. The predicted molar refractivity (Wildman–Crippen MR) is 76.9 cm³/mol. The molecule has 1 fully saturated rings. The first-order valence-corrected chi connectivity index (χ1v) is 6.85. The van der Waals surface area contributed by atoms with Crippen LogP contribution in [-0.2, 0) is 6.54 Å². The van der Waals surface area contributed by atoms with E-state index in [0.29, 0.717) is 6.04 Å². The molecule has 1 aromatic rings. The molecule has 0 bridgehead atoms. The lowest BCUT2D eigenvalue weighted by Gasteiger charge is -2.29. The molecule has 19 heavy (non-hydrogen) atoms. The highest BCUT2D eigenvalue weighted by Crippen LogP contribution is 2.27. The Hall–Kier alpha value is -1.26. The van der Waals surface area contributed by atoms with Gasteiger partial charge in [0.05, 0.1) is 14.2 Å². The van der Waals surface area contributed by atoms with Crippen LogP contribution >= 0.6 is 0 Å². The Kier molecular flexibility index (Phi) is 5.05.